The van der Waals surface area contributed by atoms with Crippen LogP contribution in [0.2, 0.25) is 5.02 Å². The van der Waals surface area contributed by atoms with Gasteiger partial charge in [-0.1, -0.05) is 23.7 Å². The van der Waals surface area contributed by atoms with Crippen LogP contribution in [0.3, 0.4) is 0 Å². The number of ether oxygens (including phenoxy) is 2. The average Bonchev–Trinajstić information content (AvgIpc) is 2.67. The van der Waals surface area contributed by atoms with Gasteiger partial charge in [0.05, 0.1) is 19.9 Å². The fraction of sp³-hybridized carbons (Fsp3) is 0.158. The zero-order valence-electron chi connectivity index (χ0n) is 14.4. The lowest BCUT2D eigenvalue weighted by atomic mass is 10.2. The Morgan fingerprint density at radius 1 is 1.12 bits per heavy atom. The highest BCUT2D eigenvalue weighted by Gasteiger charge is 2.08. The van der Waals surface area contributed by atoms with Crippen LogP contribution in [0, 0.1) is 0 Å². The maximum atomic E-state index is 12.7. The van der Waals surface area contributed by atoms with Crippen LogP contribution in [0.4, 0.5) is 5.82 Å². The number of hydrogen-bond acceptors (Lipinski definition) is 5. The molecule has 0 radical (unpaired) electrons. The molecule has 0 aliphatic carbocycles. The Bertz CT molecular complexity index is 972. The van der Waals surface area contributed by atoms with Gasteiger partial charge in [0, 0.05) is 24.0 Å². The molecule has 1 aromatic heterocycles. The first-order chi connectivity index (χ1) is 12.6. The Morgan fingerprint density at radius 2 is 1.92 bits per heavy atom. The van der Waals surface area contributed by atoms with Gasteiger partial charge in [-0.2, -0.15) is 0 Å². The smallest absolute Gasteiger partial charge is 0.297 e. The lowest BCUT2D eigenvalue weighted by Gasteiger charge is -2.11. The van der Waals surface area contributed by atoms with E-state index in [0.29, 0.717) is 28.8 Å². The molecule has 6 nitrogen and oxygen atoms in total. The second kappa shape index (κ2) is 7.93. The highest BCUT2D eigenvalue weighted by atomic mass is 35.5. The van der Waals surface area contributed by atoms with Gasteiger partial charge < -0.3 is 14.8 Å². The number of methoxy groups -OCH3 is 2. The molecule has 0 bridgehead atoms. The number of benzene rings is 2. The van der Waals surface area contributed by atoms with E-state index >= 15 is 0 Å². The summed E-state index contributed by atoms with van der Waals surface area (Å²) in [5.41, 5.74) is 1.36. The van der Waals surface area contributed by atoms with Gasteiger partial charge in [0.2, 0.25) is 0 Å². The molecule has 0 saturated heterocycles. The van der Waals surface area contributed by atoms with Crippen LogP contribution >= 0.6 is 11.6 Å². The van der Waals surface area contributed by atoms with Crippen molar-refractivity contribution in [2.75, 3.05) is 19.5 Å². The molecule has 3 aromatic rings. The summed E-state index contributed by atoms with van der Waals surface area (Å²) in [5, 5.41) is 3.63. The largest absolute Gasteiger partial charge is 0.493 e. The van der Waals surface area contributed by atoms with Crippen molar-refractivity contribution in [3.63, 3.8) is 0 Å². The third-order valence-electron chi connectivity index (χ3n) is 3.84. The number of anilines is 1. The zero-order valence-corrected chi connectivity index (χ0v) is 15.2. The van der Waals surface area contributed by atoms with Crippen LogP contribution in [0.1, 0.15) is 5.56 Å². The SMILES string of the molecule is COc1ccc(CNc2nccn(-c3cccc(Cl)c3)c2=O)cc1OC. The highest BCUT2D eigenvalue weighted by Crippen LogP contribution is 2.27. The van der Waals surface area contributed by atoms with Gasteiger partial charge in [0.25, 0.3) is 5.56 Å². The maximum absolute atomic E-state index is 12.7. The first-order valence-corrected chi connectivity index (χ1v) is 8.28. The normalized spacial score (nSPS) is 10.4. The first kappa shape index (κ1) is 17.8. The number of halogens is 1. The summed E-state index contributed by atoms with van der Waals surface area (Å²) in [5.74, 6) is 1.53. The van der Waals surface area contributed by atoms with Crippen LogP contribution in [-0.2, 0) is 6.54 Å². The van der Waals surface area contributed by atoms with Crippen molar-refractivity contribution >= 4 is 17.4 Å². The zero-order chi connectivity index (χ0) is 18.5. The molecular formula is C19H18ClN3O3. The van der Waals surface area contributed by atoms with Gasteiger partial charge in [-0.3, -0.25) is 9.36 Å². The van der Waals surface area contributed by atoms with E-state index in [4.69, 9.17) is 21.1 Å². The van der Waals surface area contributed by atoms with E-state index < -0.39 is 0 Å². The molecule has 0 aliphatic rings. The third-order valence-corrected chi connectivity index (χ3v) is 4.07. The van der Waals surface area contributed by atoms with Crippen molar-refractivity contribution in [1.29, 1.82) is 0 Å². The topological polar surface area (TPSA) is 65.4 Å². The molecule has 134 valence electrons. The second-order valence-electron chi connectivity index (χ2n) is 5.47. The van der Waals surface area contributed by atoms with Crippen LogP contribution in [0.5, 0.6) is 11.5 Å². The summed E-state index contributed by atoms with van der Waals surface area (Å²) >= 11 is 6.01. The second-order valence-corrected chi connectivity index (χ2v) is 5.91. The predicted molar refractivity (Wildman–Crippen MR) is 102 cm³/mol. The number of hydrogen-bond donors (Lipinski definition) is 1. The van der Waals surface area contributed by atoms with Gasteiger partial charge in [-0.15, -0.1) is 0 Å². The predicted octanol–water partition coefficient (Wildman–Crippen LogP) is 3.52. The average molecular weight is 372 g/mol. The summed E-state index contributed by atoms with van der Waals surface area (Å²) in [7, 11) is 3.17. The Kier molecular flexibility index (Phi) is 5.43. The quantitative estimate of drug-likeness (QED) is 0.718. The molecule has 0 unspecified atom stereocenters. The molecule has 0 aliphatic heterocycles. The van der Waals surface area contributed by atoms with Gasteiger partial charge in [-0.25, -0.2) is 4.98 Å². The molecule has 3 rings (SSSR count). The molecular weight excluding hydrogens is 354 g/mol. The maximum Gasteiger partial charge on any atom is 0.297 e. The standard InChI is InChI=1S/C19H18ClN3O3/c1-25-16-7-6-13(10-17(16)26-2)12-22-18-19(24)23(9-8-21-18)15-5-3-4-14(20)11-15/h3-11H,12H2,1-2H3,(H,21,22). The molecule has 26 heavy (non-hydrogen) atoms. The molecule has 0 saturated carbocycles. The van der Waals surface area contributed by atoms with Crippen molar-refractivity contribution in [3.8, 4) is 17.2 Å². The van der Waals surface area contributed by atoms with E-state index in [9.17, 15) is 4.79 Å². The molecule has 7 heteroatoms. The van der Waals surface area contributed by atoms with Gasteiger partial charge >= 0.3 is 0 Å². The molecule has 2 aromatic carbocycles. The summed E-state index contributed by atoms with van der Waals surface area (Å²) in [4.78, 5) is 16.8. The Balaban J connectivity index is 1.83. The molecule has 0 amide bonds. The van der Waals surface area contributed by atoms with Gasteiger partial charge in [-0.05, 0) is 35.9 Å². The van der Waals surface area contributed by atoms with Crippen molar-refractivity contribution in [2.24, 2.45) is 0 Å². The first-order valence-electron chi connectivity index (χ1n) is 7.90. The third kappa shape index (κ3) is 3.81. The summed E-state index contributed by atoms with van der Waals surface area (Å²) < 4.78 is 12.0. The van der Waals surface area contributed by atoms with E-state index in [1.807, 2.05) is 24.3 Å². The van der Waals surface area contributed by atoms with E-state index in [2.05, 4.69) is 10.3 Å². The lowest BCUT2D eigenvalue weighted by Crippen LogP contribution is -2.23. The van der Waals surface area contributed by atoms with Gasteiger partial charge in [0.15, 0.2) is 17.3 Å². The van der Waals surface area contributed by atoms with Crippen molar-refractivity contribution in [2.45, 2.75) is 6.54 Å². The fourth-order valence-electron chi connectivity index (χ4n) is 2.54. The summed E-state index contributed by atoms with van der Waals surface area (Å²) in [6.07, 6.45) is 3.18. The molecule has 1 N–H and O–H groups in total. The minimum Gasteiger partial charge on any atom is -0.493 e. The Morgan fingerprint density at radius 3 is 2.65 bits per heavy atom. The molecule has 0 fully saturated rings. The van der Waals surface area contributed by atoms with E-state index in [-0.39, 0.29) is 11.4 Å². The van der Waals surface area contributed by atoms with E-state index in [0.717, 1.165) is 5.56 Å². The van der Waals surface area contributed by atoms with Crippen molar-refractivity contribution in [3.05, 3.63) is 75.8 Å². The van der Waals surface area contributed by atoms with Crippen LogP contribution in [0.15, 0.2) is 59.7 Å². The number of rotatable bonds is 6. The number of nitrogens with one attached hydrogen (secondary N) is 1. The van der Waals surface area contributed by atoms with Crippen molar-refractivity contribution in [1.82, 2.24) is 9.55 Å². The van der Waals surface area contributed by atoms with Crippen LogP contribution < -0.4 is 20.3 Å². The van der Waals surface area contributed by atoms with Crippen LogP contribution in [-0.4, -0.2) is 23.8 Å². The van der Waals surface area contributed by atoms with E-state index in [1.165, 1.54) is 4.57 Å². The minimum atomic E-state index is -0.254. The lowest BCUT2D eigenvalue weighted by molar-refractivity contribution is 0.354. The van der Waals surface area contributed by atoms with Crippen LogP contribution in [0.25, 0.3) is 5.69 Å². The molecule has 1 heterocycles. The Labute approximate surface area is 156 Å². The number of nitrogens with zero attached hydrogens (tertiary/aromatic N) is 2. The van der Waals surface area contributed by atoms with E-state index in [1.54, 1.807) is 44.8 Å². The van der Waals surface area contributed by atoms with Crippen molar-refractivity contribution < 1.29 is 9.47 Å². The summed E-state index contributed by atoms with van der Waals surface area (Å²) in [6.45, 7) is 0.419. The fourth-order valence-corrected chi connectivity index (χ4v) is 2.72. The highest BCUT2D eigenvalue weighted by molar-refractivity contribution is 6.30. The monoisotopic (exact) mass is 371 g/mol. The minimum absolute atomic E-state index is 0.252. The summed E-state index contributed by atoms with van der Waals surface area (Å²) in [6, 6.07) is 12.6. The Hall–Kier alpha value is -2.99. The molecule has 0 atom stereocenters. The van der Waals surface area contributed by atoms with Gasteiger partial charge in [0.1, 0.15) is 0 Å². The number of aromatic nitrogens is 2. The molecule has 0 spiro atoms.